The van der Waals surface area contributed by atoms with Gasteiger partial charge in [-0.05, 0) is 51.4 Å². The van der Waals surface area contributed by atoms with Crippen molar-refractivity contribution in [2.45, 2.75) is 76.3 Å². The molecule has 0 unspecified atom stereocenters. The van der Waals surface area contributed by atoms with Gasteiger partial charge in [0.05, 0.1) is 0 Å². The van der Waals surface area contributed by atoms with E-state index in [0.29, 0.717) is 0 Å². The minimum absolute atomic E-state index is 0.784. The number of rotatable bonds is 2. The van der Waals surface area contributed by atoms with Crippen LogP contribution in [0.1, 0.15) is 64.2 Å². The fourth-order valence-corrected chi connectivity index (χ4v) is 3.21. The first-order valence-electron chi connectivity index (χ1n) is 6.50. The van der Waals surface area contributed by atoms with Crippen LogP contribution in [-0.2, 0) is 0 Å². The molecular weight excluding hydrogens is 169 g/mol. The highest BCUT2D eigenvalue weighted by Crippen LogP contribution is 2.19. The van der Waals surface area contributed by atoms with Gasteiger partial charge in [0.2, 0.25) is 0 Å². The number of quaternary nitrogens is 1. The summed E-state index contributed by atoms with van der Waals surface area (Å²) in [5.74, 6) is 0. The Morgan fingerprint density at radius 1 is 0.643 bits per heavy atom. The zero-order valence-corrected chi connectivity index (χ0v) is 9.30. The molecule has 1 N–H and O–H groups in total. The van der Waals surface area contributed by atoms with E-state index in [9.17, 15) is 0 Å². The molecule has 0 spiro atoms. The lowest BCUT2D eigenvalue weighted by Gasteiger charge is -2.46. The number of nitrogens with one attached hydrogen (secondary N) is 1. The van der Waals surface area contributed by atoms with Crippen molar-refractivity contribution in [2.24, 2.45) is 0 Å². The first-order chi connectivity index (χ1) is 6.88. The summed E-state index contributed by atoms with van der Waals surface area (Å²) >= 11 is 0. The molecule has 2 saturated carbocycles. The quantitative estimate of drug-likeness (QED) is 0.634. The molecule has 0 atom stereocenters. The lowest BCUT2D eigenvalue weighted by Crippen LogP contribution is -3.18. The SMILES string of the molecule is [B-][NH+](C1CCCCC1)C1CCCCC1. The van der Waals surface area contributed by atoms with Crippen molar-refractivity contribution in [3.63, 3.8) is 0 Å². The molecule has 0 amide bonds. The van der Waals surface area contributed by atoms with Crippen LogP contribution in [0, 0.1) is 0 Å². The standard InChI is InChI=1S/C12H23BN/c13-14(11-7-3-1-4-8-11)12-9-5-2-6-10-12/h11-12,14H,1-10H2. The summed E-state index contributed by atoms with van der Waals surface area (Å²) in [5, 5.41) is 0. The summed E-state index contributed by atoms with van der Waals surface area (Å²) in [6, 6.07) is 1.57. The predicted molar refractivity (Wildman–Crippen MR) is 60.5 cm³/mol. The van der Waals surface area contributed by atoms with Crippen LogP contribution < -0.4 is 4.81 Å². The molecule has 0 aromatic carbocycles. The van der Waals surface area contributed by atoms with Gasteiger partial charge in [-0.1, -0.05) is 12.8 Å². The second-order valence-corrected chi connectivity index (χ2v) is 5.17. The molecule has 0 bridgehead atoms. The molecule has 1 nitrogen and oxygen atoms in total. The molecule has 0 aromatic rings. The van der Waals surface area contributed by atoms with Crippen molar-refractivity contribution >= 4 is 7.98 Å². The van der Waals surface area contributed by atoms with Crippen molar-refractivity contribution < 1.29 is 4.81 Å². The third kappa shape index (κ3) is 2.53. The Kier molecular flexibility index (Phi) is 3.92. The zero-order valence-electron chi connectivity index (χ0n) is 9.30. The third-order valence-electron chi connectivity index (χ3n) is 4.15. The van der Waals surface area contributed by atoms with Gasteiger partial charge in [0.15, 0.2) is 0 Å². The first kappa shape index (κ1) is 10.5. The highest BCUT2D eigenvalue weighted by Gasteiger charge is 2.22. The molecule has 2 rings (SSSR count). The van der Waals surface area contributed by atoms with Gasteiger partial charge in [-0.3, -0.25) is 0 Å². The second kappa shape index (κ2) is 5.20. The van der Waals surface area contributed by atoms with Crippen molar-refractivity contribution in [3.05, 3.63) is 0 Å². The normalized spacial score (nSPS) is 27.0. The fourth-order valence-electron chi connectivity index (χ4n) is 3.21. The molecular formula is C12H23BN. The Bertz CT molecular complexity index is 142. The van der Waals surface area contributed by atoms with Crippen LogP contribution in [0.25, 0.3) is 0 Å². The summed E-state index contributed by atoms with van der Waals surface area (Å²) in [6.07, 6.45) is 14.0. The zero-order chi connectivity index (χ0) is 9.80. The minimum Gasteiger partial charge on any atom is -0.593 e. The van der Waals surface area contributed by atoms with Gasteiger partial charge in [0.1, 0.15) is 0 Å². The number of hydrogen-bond donors (Lipinski definition) is 1. The Balaban J connectivity index is 1.82. The van der Waals surface area contributed by atoms with Crippen LogP contribution in [0.3, 0.4) is 0 Å². The summed E-state index contributed by atoms with van der Waals surface area (Å²) in [6.45, 7) is 0. The molecule has 0 aromatic heterocycles. The maximum absolute atomic E-state index is 6.34. The Labute approximate surface area is 89.7 Å². The van der Waals surface area contributed by atoms with Crippen LogP contribution in [-0.4, -0.2) is 20.1 Å². The monoisotopic (exact) mass is 192 g/mol. The minimum atomic E-state index is 0.784. The van der Waals surface area contributed by atoms with Crippen LogP contribution in [0.2, 0.25) is 0 Å². The largest absolute Gasteiger partial charge is 0.593 e. The van der Waals surface area contributed by atoms with Gasteiger partial charge in [-0.15, -0.1) is 0 Å². The molecule has 2 fully saturated rings. The van der Waals surface area contributed by atoms with E-state index in [1.807, 2.05) is 0 Å². The van der Waals surface area contributed by atoms with E-state index in [-0.39, 0.29) is 0 Å². The van der Waals surface area contributed by atoms with Crippen molar-refractivity contribution in [1.82, 2.24) is 0 Å². The van der Waals surface area contributed by atoms with Crippen LogP contribution >= 0.6 is 0 Å². The average molecular weight is 192 g/mol. The molecule has 3 radical (unpaired) electrons. The fraction of sp³-hybridized carbons (Fsp3) is 1.00. The summed E-state index contributed by atoms with van der Waals surface area (Å²) in [7, 11) is 6.34. The molecule has 0 aliphatic heterocycles. The van der Waals surface area contributed by atoms with E-state index >= 15 is 0 Å². The second-order valence-electron chi connectivity index (χ2n) is 5.17. The lowest BCUT2D eigenvalue weighted by atomic mass is 9.86. The van der Waals surface area contributed by atoms with E-state index < -0.39 is 0 Å². The summed E-state index contributed by atoms with van der Waals surface area (Å²) in [4.78, 5) is 1.38. The third-order valence-corrected chi connectivity index (χ3v) is 4.15. The van der Waals surface area contributed by atoms with Crippen LogP contribution in [0.5, 0.6) is 0 Å². The molecule has 0 heterocycles. The van der Waals surface area contributed by atoms with E-state index in [1.165, 1.54) is 69.0 Å². The van der Waals surface area contributed by atoms with E-state index in [0.717, 1.165) is 12.1 Å². The molecule has 2 heteroatoms. The Hall–Kier alpha value is 0.0249. The number of hydrogen-bond acceptors (Lipinski definition) is 0. The maximum atomic E-state index is 6.34. The van der Waals surface area contributed by atoms with Crippen molar-refractivity contribution in [3.8, 4) is 0 Å². The first-order valence-corrected chi connectivity index (χ1v) is 6.50. The topological polar surface area (TPSA) is 4.44 Å². The van der Waals surface area contributed by atoms with Crippen molar-refractivity contribution in [2.75, 3.05) is 0 Å². The lowest BCUT2D eigenvalue weighted by molar-refractivity contribution is -0.840. The maximum Gasteiger partial charge on any atom is 0.0415 e. The average Bonchev–Trinajstić information content (AvgIpc) is 2.30. The smallest absolute Gasteiger partial charge is 0.0415 e. The van der Waals surface area contributed by atoms with Gasteiger partial charge in [0, 0.05) is 12.1 Å². The van der Waals surface area contributed by atoms with Gasteiger partial charge < -0.3 is 4.81 Å². The van der Waals surface area contributed by atoms with Gasteiger partial charge >= 0.3 is 0 Å². The Morgan fingerprint density at radius 3 is 1.36 bits per heavy atom. The Morgan fingerprint density at radius 2 is 1.00 bits per heavy atom. The highest BCUT2D eigenvalue weighted by molar-refractivity contribution is 5.95. The van der Waals surface area contributed by atoms with E-state index in [2.05, 4.69) is 0 Å². The molecule has 0 saturated heterocycles. The van der Waals surface area contributed by atoms with Crippen molar-refractivity contribution in [1.29, 1.82) is 0 Å². The molecule has 2 aliphatic rings. The van der Waals surface area contributed by atoms with Crippen LogP contribution in [0.4, 0.5) is 0 Å². The van der Waals surface area contributed by atoms with Gasteiger partial charge in [-0.25, -0.2) is 7.98 Å². The van der Waals surface area contributed by atoms with E-state index in [1.54, 1.807) is 0 Å². The molecule has 14 heavy (non-hydrogen) atoms. The van der Waals surface area contributed by atoms with Gasteiger partial charge in [0.25, 0.3) is 0 Å². The van der Waals surface area contributed by atoms with E-state index in [4.69, 9.17) is 7.98 Å². The highest BCUT2D eigenvalue weighted by atomic mass is 15.1. The predicted octanol–water partition coefficient (Wildman–Crippen LogP) is 1.62. The summed E-state index contributed by atoms with van der Waals surface area (Å²) < 4.78 is 0. The van der Waals surface area contributed by atoms with Crippen LogP contribution in [0.15, 0.2) is 0 Å². The van der Waals surface area contributed by atoms with Gasteiger partial charge in [-0.2, -0.15) is 0 Å². The molecule has 79 valence electrons. The summed E-state index contributed by atoms with van der Waals surface area (Å²) in [5.41, 5.74) is 0. The molecule has 2 aliphatic carbocycles.